The van der Waals surface area contributed by atoms with Crippen molar-refractivity contribution in [3.05, 3.63) is 126 Å². The SMILES string of the molecule is CC1=C(c2[c-]cccc2)CC=C1.CO.[Cl-].[Cl-].[Ti+2].[c-]1ccccc1.[c-]1ccccc1. The van der Waals surface area contributed by atoms with E-state index in [0.717, 1.165) is 13.5 Å². The molecule has 0 fully saturated rings. The van der Waals surface area contributed by atoms with Crippen LogP contribution in [-0.4, -0.2) is 12.2 Å². The molecule has 0 saturated heterocycles. The summed E-state index contributed by atoms with van der Waals surface area (Å²) in [4.78, 5) is 0. The fourth-order valence-corrected chi connectivity index (χ4v) is 2.20. The molecule has 0 heterocycles. The van der Waals surface area contributed by atoms with Gasteiger partial charge in [0.2, 0.25) is 0 Å². The van der Waals surface area contributed by atoms with Crippen LogP contribution in [0.5, 0.6) is 0 Å². The smallest absolute Gasteiger partial charge is 1.00 e. The molecule has 29 heavy (non-hydrogen) atoms. The first-order chi connectivity index (χ1) is 12.9. The summed E-state index contributed by atoms with van der Waals surface area (Å²) in [5.74, 6) is 0. The van der Waals surface area contributed by atoms with Gasteiger partial charge in [-0.25, -0.2) is 0 Å². The Morgan fingerprint density at radius 3 is 1.48 bits per heavy atom. The number of rotatable bonds is 1. The monoisotopic (exact) mass is 459 g/mol. The standard InChI is InChI=1S/C12H11.2C6H5.CH4O.2ClH.Ti/c1-10-6-5-9-12(10)11-7-3-2-4-8-11;2*1-2-4-6-5-3-1;1-2;;;/h2-7H,9H2,1H3;2*1-5H;2H,1H3;2*1H;/q3*-1;;;;+2/p-2. The van der Waals surface area contributed by atoms with Crippen molar-refractivity contribution >= 4 is 5.57 Å². The molecule has 3 aromatic carbocycles. The number of benzene rings is 3. The molecule has 0 spiro atoms. The molecule has 0 saturated carbocycles. The predicted molar refractivity (Wildman–Crippen MR) is 110 cm³/mol. The molecule has 0 amide bonds. The fraction of sp³-hybridized carbons (Fsp3) is 0.120. The van der Waals surface area contributed by atoms with Gasteiger partial charge in [-0.1, -0.05) is 17.7 Å². The molecule has 4 heteroatoms. The molecular formula is C25H25Cl2OTi-3. The molecule has 1 nitrogen and oxygen atoms in total. The quantitative estimate of drug-likeness (QED) is 0.395. The maximum absolute atomic E-state index is 7.00. The molecule has 0 unspecified atom stereocenters. The van der Waals surface area contributed by atoms with E-state index in [4.69, 9.17) is 5.11 Å². The van der Waals surface area contributed by atoms with Crippen LogP contribution in [0.15, 0.2) is 103 Å². The van der Waals surface area contributed by atoms with E-state index in [-0.39, 0.29) is 46.5 Å². The first-order valence-electron chi connectivity index (χ1n) is 8.48. The van der Waals surface area contributed by atoms with Crippen LogP contribution in [0.2, 0.25) is 0 Å². The Morgan fingerprint density at radius 2 is 1.21 bits per heavy atom. The molecule has 1 aliphatic carbocycles. The molecule has 1 N–H and O–H groups in total. The minimum atomic E-state index is 0. The Balaban J connectivity index is -0.000000344. The van der Waals surface area contributed by atoms with Gasteiger partial charge in [0.15, 0.2) is 0 Å². The van der Waals surface area contributed by atoms with Crippen LogP contribution in [0.1, 0.15) is 18.9 Å². The first-order valence-corrected chi connectivity index (χ1v) is 8.48. The molecule has 0 bridgehead atoms. The normalized spacial score (nSPS) is 10.0. The summed E-state index contributed by atoms with van der Waals surface area (Å²) >= 11 is 0. The van der Waals surface area contributed by atoms with E-state index in [2.05, 4.69) is 49.4 Å². The molecule has 3 aromatic rings. The van der Waals surface area contributed by atoms with Crippen molar-refractivity contribution in [2.45, 2.75) is 13.3 Å². The molecule has 0 aromatic heterocycles. The number of hydrogen-bond acceptors (Lipinski definition) is 1. The van der Waals surface area contributed by atoms with Gasteiger partial charge in [0.1, 0.15) is 0 Å². The van der Waals surface area contributed by atoms with E-state index in [9.17, 15) is 0 Å². The van der Waals surface area contributed by atoms with Gasteiger partial charge in [0, 0.05) is 7.11 Å². The van der Waals surface area contributed by atoms with Gasteiger partial charge in [0.25, 0.3) is 0 Å². The van der Waals surface area contributed by atoms with Crippen molar-refractivity contribution in [3.8, 4) is 0 Å². The Kier molecular flexibility index (Phi) is 25.1. The molecule has 0 atom stereocenters. The van der Waals surface area contributed by atoms with Gasteiger partial charge in [-0.15, -0.1) is 41.5 Å². The van der Waals surface area contributed by atoms with Crippen molar-refractivity contribution in [3.63, 3.8) is 0 Å². The Morgan fingerprint density at radius 1 is 0.724 bits per heavy atom. The van der Waals surface area contributed by atoms with Crippen molar-refractivity contribution < 1.29 is 51.6 Å². The third-order valence-corrected chi connectivity index (χ3v) is 3.41. The summed E-state index contributed by atoms with van der Waals surface area (Å²) in [5.41, 5.74) is 4.02. The van der Waals surface area contributed by atoms with Crippen LogP contribution in [0.3, 0.4) is 0 Å². The summed E-state index contributed by atoms with van der Waals surface area (Å²) in [5, 5.41) is 7.00. The number of aliphatic hydroxyl groups excluding tert-OH is 1. The van der Waals surface area contributed by atoms with E-state index >= 15 is 0 Å². The van der Waals surface area contributed by atoms with E-state index in [1.807, 2.05) is 72.8 Å². The maximum atomic E-state index is 7.00. The zero-order valence-corrected chi connectivity index (χ0v) is 19.7. The maximum Gasteiger partial charge on any atom is 2.00 e. The topological polar surface area (TPSA) is 20.2 Å². The molecular weight excluding hydrogens is 435 g/mol. The van der Waals surface area contributed by atoms with Crippen molar-refractivity contribution in [1.29, 1.82) is 0 Å². The summed E-state index contributed by atoms with van der Waals surface area (Å²) in [6.45, 7) is 2.15. The van der Waals surface area contributed by atoms with Crippen molar-refractivity contribution in [1.82, 2.24) is 0 Å². The largest absolute Gasteiger partial charge is 2.00 e. The molecule has 0 radical (unpaired) electrons. The molecule has 152 valence electrons. The summed E-state index contributed by atoms with van der Waals surface area (Å²) in [6, 6.07) is 36.4. The Bertz CT molecular complexity index is 661. The van der Waals surface area contributed by atoms with E-state index < -0.39 is 0 Å². The van der Waals surface area contributed by atoms with Crippen LogP contribution in [-0.2, 0) is 21.7 Å². The summed E-state index contributed by atoms with van der Waals surface area (Å²) < 4.78 is 0. The average Bonchev–Trinajstić information content (AvgIpc) is 3.20. The van der Waals surface area contributed by atoms with E-state index in [1.165, 1.54) is 16.7 Å². The first kappa shape index (κ1) is 32.1. The van der Waals surface area contributed by atoms with Gasteiger partial charge in [-0.2, -0.15) is 72.8 Å². The Hall–Kier alpha value is -1.61. The number of allylic oxidation sites excluding steroid dienone is 4. The second-order valence-corrected chi connectivity index (χ2v) is 5.20. The molecule has 1 aliphatic rings. The zero-order chi connectivity index (χ0) is 18.9. The van der Waals surface area contributed by atoms with Crippen molar-refractivity contribution in [2.24, 2.45) is 0 Å². The van der Waals surface area contributed by atoms with Gasteiger partial charge in [0.05, 0.1) is 0 Å². The predicted octanol–water partition coefficient (Wildman–Crippen LogP) is -0.192. The second kappa shape index (κ2) is 22.7. The average molecular weight is 460 g/mol. The van der Waals surface area contributed by atoms with Crippen LogP contribution in [0.25, 0.3) is 5.57 Å². The van der Waals surface area contributed by atoms with E-state index in [1.54, 1.807) is 0 Å². The van der Waals surface area contributed by atoms with Crippen molar-refractivity contribution in [2.75, 3.05) is 7.11 Å². The fourth-order valence-electron chi connectivity index (χ4n) is 2.20. The number of hydrogen-bond donors (Lipinski definition) is 1. The second-order valence-electron chi connectivity index (χ2n) is 5.20. The minimum Gasteiger partial charge on any atom is -1.00 e. The minimum absolute atomic E-state index is 0. The zero-order valence-electron chi connectivity index (χ0n) is 16.6. The third-order valence-electron chi connectivity index (χ3n) is 3.41. The van der Waals surface area contributed by atoms with Gasteiger partial charge in [-0.05, 0) is 13.3 Å². The van der Waals surface area contributed by atoms with Gasteiger partial charge >= 0.3 is 21.7 Å². The van der Waals surface area contributed by atoms with Gasteiger partial charge < -0.3 is 29.9 Å². The van der Waals surface area contributed by atoms with Crippen LogP contribution < -0.4 is 24.8 Å². The van der Waals surface area contributed by atoms with Gasteiger partial charge in [-0.3, -0.25) is 0 Å². The number of halogens is 2. The number of aliphatic hydroxyl groups is 1. The summed E-state index contributed by atoms with van der Waals surface area (Å²) in [7, 11) is 1.00. The van der Waals surface area contributed by atoms with Crippen LogP contribution in [0.4, 0.5) is 0 Å². The Labute approximate surface area is 203 Å². The van der Waals surface area contributed by atoms with Crippen LogP contribution in [0, 0.1) is 18.2 Å². The molecule has 4 rings (SSSR count). The van der Waals surface area contributed by atoms with E-state index in [0.29, 0.717) is 0 Å². The van der Waals surface area contributed by atoms with Crippen LogP contribution >= 0.6 is 0 Å². The molecule has 0 aliphatic heterocycles. The third kappa shape index (κ3) is 15.0. The summed E-state index contributed by atoms with van der Waals surface area (Å²) in [6.07, 6.45) is 5.44.